The Bertz CT molecular complexity index is 439. The molecule has 0 radical (unpaired) electrons. The summed E-state index contributed by atoms with van der Waals surface area (Å²) in [6, 6.07) is 1.98. The minimum Gasteiger partial charge on any atom is -0.481 e. The molecule has 2 amide bonds. The summed E-state index contributed by atoms with van der Waals surface area (Å²) in [6.07, 6.45) is 2.76. The van der Waals surface area contributed by atoms with Gasteiger partial charge in [-0.1, -0.05) is 0 Å². The molecular formula is C14H20N2O3S. The number of aliphatic carboxylic acids is 1. The standard InChI is InChI=1S/C14H20N2O3S/c17-13(18)2-1-11-3-6-16(7-4-11)14(19)15-9-12-5-8-20-10-12/h5,8,10-11H,1-4,6-7,9H2,(H,15,19)(H,17,18). The van der Waals surface area contributed by atoms with Crippen LogP contribution in [0.3, 0.4) is 0 Å². The summed E-state index contributed by atoms with van der Waals surface area (Å²) in [5.41, 5.74) is 1.12. The Hall–Kier alpha value is -1.56. The fourth-order valence-corrected chi connectivity index (χ4v) is 3.10. The summed E-state index contributed by atoms with van der Waals surface area (Å²) in [6.45, 7) is 2.01. The minimum atomic E-state index is -0.735. The van der Waals surface area contributed by atoms with Gasteiger partial charge in [0.05, 0.1) is 0 Å². The van der Waals surface area contributed by atoms with E-state index in [1.165, 1.54) is 0 Å². The second-order valence-electron chi connectivity index (χ2n) is 5.15. The summed E-state index contributed by atoms with van der Waals surface area (Å²) < 4.78 is 0. The lowest BCUT2D eigenvalue weighted by Crippen LogP contribution is -2.44. The second kappa shape index (κ2) is 7.28. The van der Waals surface area contributed by atoms with Crippen LogP contribution < -0.4 is 5.32 Å². The lowest BCUT2D eigenvalue weighted by Gasteiger charge is -2.31. The summed E-state index contributed by atoms with van der Waals surface area (Å²) in [5, 5.41) is 15.6. The molecule has 110 valence electrons. The van der Waals surface area contributed by atoms with Crippen LogP contribution >= 0.6 is 11.3 Å². The van der Waals surface area contributed by atoms with Crippen molar-refractivity contribution in [1.29, 1.82) is 0 Å². The molecule has 2 heterocycles. The molecule has 0 aliphatic carbocycles. The van der Waals surface area contributed by atoms with Gasteiger partial charge in [-0.2, -0.15) is 11.3 Å². The van der Waals surface area contributed by atoms with Crippen molar-refractivity contribution < 1.29 is 14.7 Å². The van der Waals surface area contributed by atoms with Crippen molar-refractivity contribution in [2.24, 2.45) is 5.92 Å². The number of piperidine rings is 1. The van der Waals surface area contributed by atoms with Crippen molar-refractivity contribution in [1.82, 2.24) is 10.2 Å². The molecule has 1 aliphatic rings. The lowest BCUT2D eigenvalue weighted by atomic mass is 9.92. The first kappa shape index (κ1) is 14.8. The van der Waals surface area contributed by atoms with Crippen molar-refractivity contribution in [3.8, 4) is 0 Å². The third-order valence-corrected chi connectivity index (χ3v) is 4.42. The molecule has 0 saturated carbocycles. The summed E-state index contributed by atoms with van der Waals surface area (Å²) in [7, 11) is 0. The van der Waals surface area contributed by atoms with Gasteiger partial charge in [0.15, 0.2) is 0 Å². The highest BCUT2D eigenvalue weighted by Crippen LogP contribution is 2.21. The number of rotatable bonds is 5. The maximum absolute atomic E-state index is 12.0. The molecule has 2 rings (SSSR count). The molecule has 20 heavy (non-hydrogen) atoms. The molecule has 1 aromatic heterocycles. The maximum Gasteiger partial charge on any atom is 0.317 e. The van der Waals surface area contributed by atoms with Gasteiger partial charge in [0.1, 0.15) is 0 Å². The summed E-state index contributed by atoms with van der Waals surface area (Å²) in [5.74, 6) is -0.298. The first-order valence-corrected chi connectivity index (χ1v) is 7.85. The number of carbonyl (C=O) groups is 2. The number of hydrogen-bond donors (Lipinski definition) is 2. The largest absolute Gasteiger partial charge is 0.481 e. The SMILES string of the molecule is O=C(O)CCC1CCN(C(=O)NCc2ccsc2)CC1. The molecular weight excluding hydrogens is 276 g/mol. The minimum absolute atomic E-state index is 0.0205. The number of nitrogens with one attached hydrogen (secondary N) is 1. The number of carbonyl (C=O) groups excluding carboxylic acids is 1. The van der Waals surface area contributed by atoms with Gasteiger partial charge in [-0.15, -0.1) is 0 Å². The molecule has 0 atom stereocenters. The first-order chi connectivity index (χ1) is 9.65. The van der Waals surface area contributed by atoms with Crippen LogP contribution in [0.5, 0.6) is 0 Å². The van der Waals surface area contributed by atoms with Gasteiger partial charge < -0.3 is 15.3 Å². The molecule has 1 fully saturated rings. The van der Waals surface area contributed by atoms with Crippen LogP contribution in [0.25, 0.3) is 0 Å². The Morgan fingerprint density at radius 3 is 2.75 bits per heavy atom. The number of likely N-dealkylation sites (tertiary alicyclic amines) is 1. The van der Waals surface area contributed by atoms with E-state index in [0.29, 0.717) is 12.5 Å². The smallest absolute Gasteiger partial charge is 0.317 e. The molecule has 1 saturated heterocycles. The van der Waals surface area contributed by atoms with E-state index in [2.05, 4.69) is 5.32 Å². The molecule has 5 nitrogen and oxygen atoms in total. The third-order valence-electron chi connectivity index (χ3n) is 3.69. The average Bonchev–Trinajstić information content (AvgIpc) is 2.96. The molecule has 6 heteroatoms. The molecule has 0 aromatic carbocycles. The Balaban J connectivity index is 1.67. The van der Waals surface area contributed by atoms with E-state index in [0.717, 1.165) is 37.9 Å². The molecule has 0 spiro atoms. The highest BCUT2D eigenvalue weighted by atomic mass is 32.1. The zero-order valence-electron chi connectivity index (χ0n) is 11.4. The van der Waals surface area contributed by atoms with Crippen molar-refractivity contribution >= 4 is 23.3 Å². The highest BCUT2D eigenvalue weighted by molar-refractivity contribution is 7.07. The molecule has 0 bridgehead atoms. The Morgan fingerprint density at radius 1 is 1.40 bits per heavy atom. The van der Waals surface area contributed by atoms with E-state index in [1.54, 1.807) is 11.3 Å². The maximum atomic E-state index is 12.0. The zero-order valence-corrected chi connectivity index (χ0v) is 12.2. The first-order valence-electron chi connectivity index (χ1n) is 6.91. The normalized spacial score (nSPS) is 16.1. The van der Waals surface area contributed by atoms with Gasteiger partial charge in [0.2, 0.25) is 0 Å². The third kappa shape index (κ3) is 4.52. The average molecular weight is 296 g/mol. The molecule has 0 unspecified atom stereocenters. The van der Waals surface area contributed by atoms with Crippen LogP contribution in [0, 0.1) is 5.92 Å². The Kier molecular flexibility index (Phi) is 5.40. The van der Waals surface area contributed by atoms with Crippen LogP contribution in [0.1, 0.15) is 31.2 Å². The van der Waals surface area contributed by atoms with Gasteiger partial charge in [0.25, 0.3) is 0 Å². The van der Waals surface area contributed by atoms with Crippen LogP contribution in [-0.2, 0) is 11.3 Å². The van der Waals surface area contributed by atoms with Gasteiger partial charge in [0, 0.05) is 26.1 Å². The van der Waals surface area contributed by atoms with Crippen LogP contribution in [0.15, 0.2) is 16.8 Å². The number of urea groups is 1. The fourth-order valence-electron chi connectivity index (χ4n) is 2.44. The molecule has 2 N–H and O–H groups in total. The van der Waals surface area contributed by atoms with Crippen molar-refractivity contribution in [3.63, 3.8) is 0 Å². The fraction of sp³-hybridized carbons (Fsp3) is 0.571. The number of carboxylic acids is 1. The number of nitrogens with zero attached hydrogens (tertiary/aromatic N) is 1. The van der Waals surface area contributed by atoms with Crippen molar-refractivity contribution in [2.45, 2.75) is 32.2 Å². The number of thiophene rings is 1. The van der Waals surface area contributed by atoms with E-state index in [9.17, 15) is 9.59 Å². The van der Waals surface area contributed by atoms with E-state index < -0.39 is 5.97 Å². The predicted octanol–water partition coefficient (Wildman–Crippen LogP) is 2.53. The van der Waals surface area contributed by atoms with Crippen molar-refractivity contribution in [2.75, 3.05) is 13.1 Å². The monoisotopic (exact) mass is 296 g/mol. The van der Waals surface area contributed by atoms with Gasteiger partial charge >= 0.3 is 12.0 Å². The van der Waals surface area contributed by atoms with Crippen LogP contribution in [-0.4, -0.2) is 35.1 Å². The zero-order chi connectivity index (χ0) is 14.4. The Morgan fingerprint density at radius 2 is 2.15 bits per heavy atom. The van der Waals surface area contributed by atoms with E-state index in [-0.39, 0.29) is 12.5 Å². The number of hydrogen-bond acceptors (Lipinski definition) is 3. The molecule has 1 aliphatic heterocycles. The summed E-state index contributed by atoms with van der Waals surface area (Å²) >= 11 is 1.62. The predicted molar refractivity (Wildman–Crippen MR) is 77.7 cm³/mol. The lowest BCUT2D eigenvalue weighted by molar-refractivity contribution is -0.137. The number of amides is 2. The second-order valence-corrected chi connectivity index (χ2v) is 5.93. The summed E-state index contributed by atoms with van der Waals surface area (Å²) in [4.78, 5) is 24.4. The molecule has 1 aromatic rings. The van der Waals surface area contributed by atoms with Gasteiger partial charge in [-0.05, 0) is 47.6 Å². The topological polar surface area (TPSA) is 69.6 Å². The van der Waals surface area contributed by atoms with Crippen molar-refractivity contribution in [3.05, 3.63) is 22.4 Å². The van der Waals surface area contributed by atoms with E-state index in [1.807, 2.05) is 21.7 Å². The Labute approximate surface area is 122 Å². The van der Waals surface area contributed by atoms with Gasteiger partial charge in [-0.25, -0.2) is 4.79 Å². The van der Waals surface area contributed by atoms with E-state index >= 15 is 0 Å². The highest BCUT2D eigenvalue weighted by Gasteiger charge is 2.22. The van der Waals surface area contributed by atoms with Gasteiger partial charge in [-0.3, -0.25) is 4.79 Å². The van der Waals surface area contributed by atoms with Crippen LogP contribution in [0.4, 0.5) is 4.79 Å². The van der Waals surface area contributed by atoms with E-state index in [4.69, 9.17) is 5.11 Å². The quantitative estimate of drug-likeness (QED) is 0.877. The van der Waals surface area contributed by atoms with Crippen LogP contribution in [0.2, 0.25) is 0 Å². The number of carboxylic acid groups (broad SMARTS) is 1.